The predicted octanol–water partition coefficient (Wildman–Crippen LogP) is 4.14. The summed E-state index contributed by atoms with van der Waals surface area (Å²) in [5.74, 6) is 5.96. The molecule has 0 bridgehead atoms. The molecule has 1 aromatic rings. The fourth-order valence-electron chi connectivity index (χ4n) is 1.55. The molecule has 16 heavy (non-hydrogen) atoms. The van der Waals surface area contributed by atoms with E-state index < -0.39 is 0 Å². The molecule has 0 atom stereocenters. The van der Waals surface area contributed by atoms with Crippen molar-refractivity contribution in [2.75, 3.05) is 0 Å². The van der Waals surface area contributed by atoms with E-state index >= 15 is 0 Å². The van der Waals surface area contributed by atoms with Gasteiger partial charge in [0.25, 0.3) is 0 Å². The fourth-order valence-corrected chi connectivity index (χ4v) is 2.37. The summed E-state index contributed by atoms with van der Waals surface area (Å²) in [6, 6.07) is 4.20. The second-order valence-electron chi connectivity index (χ2n) is 3.72. The molecule has 1 nitrogen and oxygen atoms in total. The van der Waals surface area contributed by atoms with Crippen LogP contribution in [0, 0.1) is 23.2 Å². The smallest absolute Gasteiger partial charge is 0.0966 e. The Kier molecular flexibility index (Phi) is 6.38. The van der Waals surface area contributed by atoms with Crippen LogP contribution in [-0.4, -0.2) is 0 Å². The Bertz CT molecular complexity index is 400. The highest BCUT2D eigenvalue weighted by atomic mass is 32.1. The lowest BCUT2D eigenvalue weighted by Gasteiger charge is -1.98. The molecule has 0 saturated heterocycles. The minimum atomic E-state index is 0.327. The molecule has 2 heteroatoms. The Morgan fingerprint density at radius 3 is 2.94 bits per heavy atom. The number of nitriles is 1. The van der Waals surface area contributed by atoms with Crippen molar-refractivity contribution in [2.45, 2.75) is 45.4 Å². The van der Waals surface area contributed by atoms with Crippen LogP contribution in [0.25, 0.3) is 0 Å². The molecule has 1 rings (SSSR count). The van der Waals surface area contributed by atoms with Gasteiger partial charge in [0, 0.05) is 0 Å². The summed E-state index contributed by atoms with van der Waals surface area (Å²) in [4.78, 5) is 1.15. The molecular weight excluding hydrogens is 214 g/mol. The Hall–Kier alpha value is -1.25. The summed E-state index contributed by atoms with van der Waals surface area (Å²) in [5, 5.41) is 10.5. The van der Waals surface area contributed by atoms with Gasteiger partial charge >= 0.3 is 0 Å². The van der Waals surface area contributed by atoms with Crippen molar-refractivity contribution in [3.8, 4) is 17.9 Å². The van der Waals surface area contributed by atoms with Crippen LogP contribution in [0.4, 0.5) is 0 Å². The van der Waals surface area contributed by atoms with E-state index in [1.807, 2.05) is 6.07 Å². The molecule has 0 spiro atoms. The van der Waals surface area contributed by atoms with Crippen molar-refractivity contribution >= 4 is 11.3 Å². The number of unbranched alkanes of at least 4 members (excludes halogenated alkanes) is 3. The van der Waals surface area contributed by atoms with Crippen molar-refractivity contribution in [3.63, 3.8) is 0 Å². The highest BCUT2D eigenvalue weighted by Crippen LogP contribution is 2.18. The monoisotopic (exact) mass is 231 g/mol. The topological polar surface area (TPSA) is 23.8 Å². The molecule has 84 valence electrons. The largest absolute Gasteiger partial charge is 0.197 e. The average Bonchev–Trinajstić information content (AvgIpc) is 2.73. The number of hydrogen-bond acceptors (Lipinski definition) is 2. The van der Waals surface area contributed by atoms with Crippen molar-refractivity contribution in [1.82, 2.24) is 0 Å². The molecule has 0 N–H and O–H groups in total. The maximum absolute atomic E-state index is 8.42. The van der Waals surface area contributed by atoms with Gasteiger partial charge in [-0.2, -0.15) is 5.26 Å². The number of rotatable bonds is 5. The average molecular weight is 231 g/mol. The standard InChI is InChI=1S/C14H17NS/c1-2-3-4-5-8-13-10-12-16-14(13)9-6-7-11-15/h10,12H,2-5,7-8H2,1H3. The number of hydrogen-bond donors (Lipinski definition) is 0. The van der Waals surface area contributed by atoms with E-state index in [1.54, 1.807) is 11.3 Å². The van der Waals surface area contributed by atoms with Crippen LogP contribution in [0.2, 0.25) is 0 Å². The van der Waals surface area contributed by atoms with Gasteiger partial charge in [0.1, 0.15) is 0 Å². The first kappa shape index (κ1) is 12.8. The second kappa shape index (κ2) is 7.97. The first-order valence-corrected chi connectivity index (χ1v) is 6.68. The van der Waals surface area contributed by atoms with Crippen LogP contribution in [-0.2, 0) is 6.42 Å². The Labute approximate surface area is 102 Å². The second-order valence-corrected chi connectivity index (χ2v) is 4.64. The van der Waals surface area contributed by atoms with E-state index in [2.05, 4.69) is 30.2 Å². The zero-order chi connectivity index (χ0) is 11.6. The predicted molar refractivity (Wildman–Crippen MR) is 69.3 cm³/mol. The molecule has 0 radical (unpaired) electrons. The van der Waals surface area contributed by atoms with Crippen LogP contribution < -0.4 is 0 Å². The minimum absolute atomic E-state index is 0.327. The SMILES string of the molecule is CCCCCCc1ccsc1C#CCC#N. The van der Waals surface area contributed by atoms with Crippen LogP contribution in [0.15, 0.2) is 11.4 Å². The van der Waals surface area contributed by atoms with Crippen LogP contribution in [0.1, 0.15) is 49.5 Å². The molecule has 1 aromatic heterocycles. The van der Waals surface area contributed by atoms with Gasteiger partial charge in [-0.3, -0.25) is 0 Å². The maximum Gasteiger partial charge on any atom is 0.0966 e. The third-order valence-corrected chi connectivity index (χ3v) is 3.29. The number of thiophene rings is 1. The highest BCUT2D eigenvalue weighted by molar-refractivity contribution is 7.10. The van der Waals surface area contributed by atoms with Crippen LogP contribution >= 0.6 is 11.3 Å². The fraction of sp³-hybridized carbons (Fsp3) is 0.500. The molecule has 0 unspecified atom stereocenters. The molecule has 0 aliphatic heterocycles. The van der Waals surface area contributed by atoms with E-state index in [0.717, 1.165) is 11.3 Å². The van der Waals surface area contributed by atoms with Crippen LogP contribution in [0.3, 0.4) is 0 Å². The molecule has 0 aromatic carbocycles. The molecule has 0 amide bonds. The van der Waals surface area contributed by atoms with Crippen molar-refractivity contribution < 1.29 is 0 Å². The molecule has 0 saturated carbocycles. The Morgan fingerprint density at radius 2 is 2.19 bits per heavy atom. The molecule has 0 aliphatic carbocycles. The third-order valence-electron chi connectivity index (χ3n) is 2.42. The van der Waals surface area contributed by atoms with E-state index in [0.29, 0.717) is 6.42 Å². The minimum Gasteiger partial charge on any atom is -0.197 e. The van der Waals surface area contributed by atoms with Crippen molar-refractivity contribution in [3.05, 3.63) is 21.9 Å². The van der Waals surface area contributed by atoms with E-state index in [4.69, 9.17) is 5.26 Å². The molecule has 0 aliphatic rings. The van der Waals surface area contributed by atoms with Gasteiger partial charge in [-0.1, -0.05) is 38.0 Å². The van der Waals surface area contributed by atoms with E-state index in [9.17, 15) is 0 Å². The normalized spacial score (nSPS) is 9.25. The molecular formula is C14H17NS. The summed E-state index contributed by atoms with van der Waals surface area (Å²) in [6.07, 6.45) is 6.60. The van der Waals surface area contributed by atoms with Gasteiger partial charge in [0.2, 0.25) is 0 Å². The van der Waals surface area contributed by atoms with Gasteiger partial charge in [-0.25, -0.2) is 0 Å². The lowest BCUT2D eigenvalue weighted by molar-refractivity contribution is 0.667. The van der Waals surface area contributed by atoms with Gasteiger partial charge in [0.15, 0.2) is 0 Å². The summed E-state index contributed by atoms with van der Waals surface area (Å²) in [5.41, 5.74) is 1.35. The van der Waals surface area contributed by atoms with Gasteiger partial charge < -0.3 is 0 Å². The summed E-state index contributed by atoms with van der Waals surface area (Å²) in [7, 11) is 0. The number of nitrogens with zero attached hydrogens (tertiary/aromatic N) is 1. The Morgan fingerprint density at radius 1 is 1.31 bits per heavy atom. The summed E-state index contributed by atoms with van der Waals surface area (Å²) < 4.78 is 0. The van der Waals surface area contributed by atoms with Crippen molar-refractivity contribution in [1.29, 1.82) is 5.26 Å². The van der Waals surface area contributed by atoms with Crippen LogP contribution in [0.5, 0.6) is 0 Å². The van der Waals surface area contributed by atoms with Gasteiger partial charge in [-0.15, -0.1) is 11.3 Å². The number of aryl methyl sites for hydroxylation is 1. The summed E-state index contributed by atoms with van der Waals surface area (Å²) >= 11 is 1.68. The first-order valence-electron chi connectivity index (χ1n) is 5.80. The van der Waals surface area contributed by atoms with Gasteiger partial charge in [0.05, 0.1) is 17.4 Å². The highest BCUT2D eigenvalue weighted by Gasteiger charge is 2.00. The maximum atomic E-state index is 8.42. The molecule has 0 fully saturated rings. The lowest BCUT2D eigenvalue weighted by atomic mass is 10.1. The Balaban J connectivity index is 2.45. The van der Waals surface area contributed by atoms with Crippen molar-refractivity contribution in [2.24, 2.45) is 0 Å². The zero-order valence-electron chi connectivity index (χ0n) is 9.75. The van der Waals surface area contributed by atoms with E-state index in [-0.39, 0.29) is 0 Å². The zero-order valence-corrected chi connectivity index (χ0v) is 10.6. The third kappa shape index (κ3) is 4.51. The lowest BCUT2D eigenvalue weighted by Crippen LogP contribution is -1.85. The molecule has 1 heterocycles. The quantitative estimate of drug-likeness (QED) is 0.552. The summed E-state index contributed by atoms with van der Waals surface area (Å²) in [6.45, 7) is 2.23. The van der Waals surface area contributed by atoms with E-state index in [1.165, 1.54) is 31.2 Å². The first-order chi connectivity index (χ1) is 7.88. The van der Waals surface area contributed by atoms with Gasteiger partial charge in [-0.05, 0) is 29.9 Å².